The van der Waals surface area contributed by atoms with Crippen molar-refractivity contribution < 1.29 is 4.79 Å². The topological polar surface area (TPSA) is 67.5 Å². The third-order valence-corrected chi connectivity index (χ3v) is 4.00. The number of rotatable bonds is 6. The normalized spacial score (nSPS) is 24.9. The number of hydrogen-bond donors (Lipinski definition) is 2. The fourth-order valence-electron chi connectivity index (χ4n) is 2.79. The maximum absolute atomic E-state index is 10.6. The van der Waals surface area contributed by atoms with Gasteiger partial charge in [-0.25, -0.2) is 10.2 Å². The van der Waals surface area contributed by atoms with Crippen LogP contribution in [-0.4, -0.2) is 11.7 Å². The molecule has 0 saturated heterocycles. The van der Waals surface area contributed by atoms with E-state index in [0.29, 0.717) is 5.92 Å². The molecule has 0 aromatic carbocycles. The zero-order valence-electron chi connectivity index (χ0n) is 11.7. The second-order valence-electron chi connectivity index (χ2n) is 5.44. The largest absolute Gasteiger partial charge is 0.350 e. The Labute approximate surface area is 110 Å². The minimum atomic E-state index is -0.581. The first-order chi connectivity index (χ1) is 8.63. The summed E-state index contributed by atoms with van der Waals surface area (Å²) in [4.78, 5) is 10.6. The summed E-state index contributed by atoms with van der Waals surface area (Å²) < 4.78 is 0. The van der Waals surface area contributed by atoms with E-state index in [0.717, 1.165) is 11.6 Å². The molecule has 4 nitrogen and oxygen atoms in total. The second kappa shape index (κ2) is 8.11. The molecule has 1 aliphatic rings. The molecular formula is C14H27N3O. The second-order valence-corrected chi connectivity index (χ2v) is 5.44. The van der Waals surface area contributed by atoms with Gasteiger partial charge in [0.2, 0.25) is 0 Å². The smallest absolute Gasteiger partial charge is 0.332 e. The van der Waals surface area contributed by atoms with Crippen LogP contribution in [0.3, 0.4) is 0 Å². The highest BCUT2D eigenvalue weighted by Gasteiger charge is 2.22. The Morgan fingerprint density at radius 2 is 1.94 bits per heavy atom. The number of nitrogens with zero attached hydrogens (tertiary/aromatic N) is 1. The fraction of sp³-hybridized carbons (Fsp3) is 0.857. The summed E-state index contributed by atoms with van der Waals surface area (Å²) in [5.74, 6) is 1.43. The molecule has 1 rings (SSSR count). The Hall–Kier alpha value is -1.06. The van der Waals surface area contributed by atoms with Crippen LogP contribution in [-0.2, 0) is 0 Å². The van der Waals surface area contributed by atoms with E-state index in [2.05, 4.69) is 17.5 Å². The summed E-state index contributed by atoms with van der Waals surface area (Å²) in [7, 11) is 0. The highest BCUT2D eigenvalue weighted by atomic mass is 16.2. The molecule has 1 fully saturated rings. The van der Waals surface area contributed by atoms with Gasteiger partial charge in [0.1, 0.15) is 0 Å². The monoisotopic (exact) mass is 253 g/mol. The molecule has 0 aliphatic heterocycles. The lowest BCUT2D eigenvalue weighted by atomic mass is 9.78. The number of amides is 2. The Balaban J connectivity index is 2.25. The summed E-state index contributed by atoms with van der Waals surface area (Å²) in [6.07, 6.45) is 10.4. The van der Waals surface area contributed by atoms with Gasteiger partial charge >= 0.3 is 6.03 Å². The first kappa shape index (κ1) is 15.0. The van der Waals surface area contributed by atoms with E-state index in [1.54, 1.807) is 0 Å². The van der Waals surface area contributed by atoms with Crippen molar-refractivity contribution in [2.24, 2.45) is 22.7 Å². The summed E-state index contributed by atoms with van der Waals surface area (Å²) in [6.45, 7) is 4.24. The predicted octanol–water partition coefficient (Wildman–Crippen LogP) is 3.42. The molecule has 1 aliphatic carbocycles. The number of nitrogens with two attached hydrogens (primary N) is 1. The number of primary amides is 1. The van der Waals surface area contributed by atoms with Crippen molar-refractivity contribution in [1.29, 1.82) is 0 Å². The maximum atomic E-state index is 10.6. The van der Waals surface area contributed by atoms with Crippen LogP contribution in [0.5, 0.6) is 0 Å². The van der Waals surface area contributed by atoms with Gasteiger partial charge < -0.3 is 5.73 Å². The van der Waals surface area contributed by atoms with Gasteiger partial charge in [-0.05, 0) is 44.4 Å². The molecular weight excluding hydrogens is 226 g/mol. The number of hydrazone groups is 1. The molecule has 0 aromatic rings. The van der Waals surface area contributed by atoms with Crippen molar-refractivity contribution in [3.8, 4) is 0 Å². The molecule has 0 bridgehead atoms. The summed E-state index contributed by atoms with van der Waals surface area (Å²) in [5, 5.41) is 4.04. The third kappa shape index (κ3) is 5.52. The SMILES string of the molecule is CCCCCC1CCC(/C(C)=N\NC(N)=O)CC1. The van der Waals surface area contributed by atoms with E-state index in [1.807, 2.05) is 6.92 Å². The lowest BCUT2D eigenvalue weighted by Gasteiger charge is -2.28. The van der Waals surface area contributed by atoms with E-state index in [9.17, 15) is 4.79 Å². The van der Waals surface area contributed by atoms with Gasteiger partial charge in [-0.2, -0.15) is 5.10 Å². The van der Waals surface area contributed by atoms with Crippen molar-refractivity contribution in [3.63, 3.8) is 0 Å². The van der Waals surface area contributed by atoms with Crippen molar-refractivity contribution >= 4 is 11.7 Å². The average Bonchev–Trinajstić information content (AvgIpc) is 2.37. The van der Waals surface area contributed by atoms with E-state index in [1.165, 1.54) is 51.4 Å². The standard InChI is InChI=1S/C14H27N3O/c1-3-4-5-6-12-7-9-13(10-8-12)11(2)16-17-14(15)18/h12-13H,3-10H2,1-2H3,(H3,15,17,18)/b16-11-. The number of carbonyl (C=O) groups is 1. The number of hydrogen-bond acceptors (Lipinski definition) is 2. The highest BCUT2D eigenvalue weighted by molar-refractivity contribution is 5.85. The molecule has 0 aromatic heterocycles. The van der Waals surface area contributed by atoms with E-state index in [-0.39, 0.29) is 0 Å². The Morgan fingerprint density at radius 1 is 1.28 bits per heavy atom. The van der Waals surface area contributed by atoms with Crippen molar-refractivity contribution in [2.75, 3.05) is 0 Å². The van der Waals surface area contributed by atoms with Gasteiger partial charge in [0, 0.05) is 5.71 Å². The molecule has 18 heavy (non-hydrogen) atoms. The molecule has 0 radical (unpaired) electrons. The lowest BCUT2D eigenvalue weighted by Crippen LogP contribution is -2.28. The minimum Gasteiger partial charge on any atom is -0.350 e. The van der Waals surface area contributed by atoms with Gasteiger partial charge in [0.15, 0.2) is 0 Å². The number of carbonyl (C=O) groups excluding carboxylic acids is 1. The number of nitrogens with one attached hydrogen (secondary N) is 1. The van der Waals surface area contributed by atoms with Crippen LogP contribution in [0.15, 0.2) is 5.10 Å². The molecule has 4 heteroatoms. The molecule has 0 spiro atoms. The average molecular weight is 253 g/mol. The summed E-state index contributed by atoms with van der Waals surface area (Å²) in [6, 6.07) is -0.581. The Morgan fingerprint density at radius 3 is 2.50 bits per heavy atom. The van der Waals surface area contributed by atoms with Gasteiger partial charge in [0.05, 0.1) is 0 Å². The molecule has 1 saturated carbocycles. The van der Waals surface area contributed by atoms with Crippen LogP contribution >= 0.6 is 0 Å². The zero-order valence-corrected chi connectivity index (χ0v) is 11.7. The Bertz CT molecular complexity index is 281. The van der Waals surface area contributed by atoms with Crippen LogP contribution < -0.4 is 11.2 Å². The van der Waals surface area contributed by atoms with Gasteiger partial charge in [-0.3, -0.25) is 0 Å². The quantitative estimate of drug-likeness (QED) is 0.425. The molecule has 104 valence electrons. The number of unbranched alkanes of at least 4 members (excludes halogenated alkanes) is 2. The summed E-state index contributed by atoms with van der Waals surface area (Å²) in [5.41, 5.74) is 8.34. The van der Waals surface area contributed by atoms with Crippen molar-refractivity contribution in [3.05, 3.63) is 0 Å². The van der Waals surface area contributed by atoms with Crippen LogP contribution in [0.2, 0.25) is 0 Å². The third-order valence-electron chi connectivity index (χ3n) is 4.00. The highest BCUT2D eigenvalue weighted by Crippen LogP contribution is 2.32. The molecule has 0 unspecified atom stereocenters. The summed E-state index contributed by atoms with van der Waals surface area (Å²) >= 11 is 0. The number of urea groups is 1. The van der Waals surface area contributed by atoms with Crippen molar-refractivity contribution in [1.82, 2.24) is 5.43 Å². The van der Waals surface area contributed by atoms with Gasteiger partial charge in [-0.1, -0.05) is 32.6 Å². The van der Waals surface area contributed by atoms with E-state index in [4.69, 9.17) is 5.73 Å². The van der Waals surface area contributed by atoms with Crippen LogP contribution in [0.1, 0.15) is 65.2 Å². The van der Waals surface area contributed by atoms with Gasteiger partial charge in [0.25, 0.3) is 0 Å². The van der Waals surface area contributed by atoms with Crippen LogP contribution in [0.4, 0.5) is 4.79 Å². The molecule has 3 N–H and O–H groups in total. The first-order valence-electron chi connectivity index (χ1n) is 7.23. The minimum absolute atomic E-state index is 0.527. The van der Waals surface area contributed by atoms with Crippen molar-refractivity contribution in [2.45, 2.75) is 65.2 Å². The lowest BCUT2D eigenvalue weighted by molar-refractivity contribution is 0.249. The predicted molar refractivity (Wildman–Crippen MR) is 75.4 cm³/mol. The van der Waals surface area contributed by atoms with Crippen LogP contribution in [0, 0.1) is 11.8 Å². The van der Waals surface area contributed by atoms with E-state index >= 15 is 0 Å². The molecule has 0 heterocycles. The maximum Gasteiger partial charge on any atom is 0.332 e. The zero-order chi connectivity index (χ0) is 13.4. The molecule has 0 atom stereocenters. The van der Waals surface area contributed by atoms with Gasteiger partial charge in [-0.15, -0.1) is 0 Å². The van der Waals surface area contributed by atoms with Crippen LogP contribution in [0.25, 0.3) is 0 Å². The van der Waals surface area contributed by atoms with E-state index < -0.39 is 6.03 Å². The molecule has 2 amide bonds. The Kier molecular flexibility index (Phi) is 6.76. The fourth-order valence-corrected chi connectivity index (χ4v) is 2.79. The first-order valence-corrected chi connectivity index (χ1v) is 7.23.